The van der Waals surface area contributed by atoms with Gasteiger partial charge in [0.05, 0.1) is 24.4 Å². The topological polar surface area (TPSA) is 53.3 Å². The number of allylic oxidation sites excluding steroid dienone is 1. The molecule has 0 spiro atoms. The highest BCUT2D eigenvalue weighted by atomic mass is 16.5. The van der Waals surface area contributed by atoms with E-state index in [4.69, 9.17) is 5.26 Å². The monoisotopic (exact) mass is 214 g/mol. The zero-order valence-electron chi connectivity index (χ0n) is 8.80. The van der Waals surface area contributed by atoms with Gasteiger partial charge in [0.2, 0.25) is 0 Å². The van der Waals surface area contributed by atoms with Crippen molar-refractivity contribution in [2.45, 2.75) is 6.42 Å². The molecule has 1 aromatic rings. The predicted octanol–water partition coefficient (Wildman–Crippen LogP) is 2.22. The molecule has 1 aromatic carbocycles. The van der Waals surface area contributed by atoms with Gasteiger partial charge in [0.25, 0.3) is 0 Å². The second-order valence-electron chi connectivity index (χ2n) is 3.41. The first-order valence-corrected chi connectivity index (χ1v) is 4.82. The Hall–Kier alpha value is -2.28. The third-order valence-electron chi connectivity index (χ3n) is 2.43. The van der Waals surface area contributed by atoms with Crippen molar-refractivity contribution in [3.8, 4) is 6.07 Å². The number of fused-ring (bicyclic) bond motifs is 1. The molecule has 2 rings (SSSR count). The summed E-state index contributed by atoms with van der Waals surface area (Å²) < 4.78 is 4.67. The third kappa shape index (κ3) is 1.63. The van der Waals surface area contributed by atoms with Crippen LogP contribution in [-0.2, 0) is 11.2 Å². The minimum absolute atomic E-state index is 0.486. The van der Waals surface area contributed by atoms with Gasteiger partial charge in [-0.05, 0) is 11.6 Å². The average Bonchev–Trinajstić information content (AvgIpc) is 2.36. The van der Waals surface area contributed by atoms with Crippen LogP contribution in [0.15, 0.2) is 36.0 Å². The molecule has 80 valence electrons. The Labute approximate surface area is 93.4 Å². The summed E-state index contributed by atoms with van der Waals surface area (Å²) in [7, 11) is 1.32. The van der Waals surface area contributed by atoms with E-state index in [0.717, 1.165) is 11.3 Å². The summed E-state index contributed by atoms with van der Waals surface area (Å²) in [5.41, 5.74) is 2.27. The number of amides is 1. The first-order valence-electron chi connectivity index (χ1n) is 4.82. The SMILES string of the molecule is COC(=O)N1C=C(C#N)Cc2ccccc21. The quantitative estimate of drug-likeness (QED) is 0.665. The summed E-state index contributed by atoms with van der Waals surface area (Å²) in [4.78, 5) is 12.9. The van der Waals surface area contributed by atoms with Crippen molar-refractivity contribution in [2.24, 2.45) is 0 Å². The molecule has 0 radical (unpaired) electrons. The minimum atomic E-state index is -0.486. The van der Waals surface area contributed by atoms with Crippen LogP contribution in [0, 0.1) is 11.3 Å². The van der Waals surface area contributed by atoms with E-state index in [1.54, 1.807) is 0 Å². The maximum atomic E-state index is 11.5. The highest BCUT2D eigenvalue weighted by Crippen LogP contribution is 2.28. The van der Waals surface area contributed by atoms with Crippen LogP contribution < -0.4 is 4.90 Å². The summed E-state index contributed by atoms with van der Waals surface area (Å²) >= 11 is 0. The standard InChI is InChI=1S/C12H10N2O2/c1-16-12(15)14-8-9(7-13)6-10-4-2-3-5-11(10)14/h2-5,8H,6H2,1H3. The highest BCUT2D eigenvalue weighted by Gasteiger charge is 2.22. The number of carbonyl (C=O) groups is 1. The molecule has 4 nitrogen and oxygen atoms in total. The van der Waals surface area contributed by atoms with Crippen molar-refractivity contribution in [3.63, 3.8) is 0 Å². The Balaban J connectivity index is 2.48. The number of methoxy groups -OCH3 is 1. The maximum Gasteiger partial charge on any atom is 0.418 e. The number of anilines is 1. The molecule has 0 bridgehead atoms. The van der Waals surface area contributed by atoms with Crippen LogP contribution in [0.4, 0.5) is 10.5 Å². The van der Waals surface area contributed by atoms with Crippen LogP contribution in [0.1, 0.15) is 5.56 Å². The van der Waals surface area contributed by atoms with E-state index in [9.17, 15) is 4.79 Å². The Morgan fingerprint density at radius 1 is 1.50 bits per heavy atom. The van der Waals surface area contributed by atoms with Crippen molar-refractivity contribution in [1.82, 2.24) is 0 Å². The number of carbonyl (C=O) groups excluding carboxylic acids is 1. The lowest BCUT2D eigenvalue weighted by Crippen LogP contribution is -2.28. The normalized spacial score (nSPS) is 13.5. The van der Waals surface area contributed by atoms with Crippen LogP contribution in [0.5, 0.6) is 0 Å². The maximum absolute atomic E-state index is 11.5. The summed E-state index contributed by atoms with van der Waals surface area (Å²) in [6, 6.07) is 9.52. The summed E-state index contributed by atoms with van der Waals surface area (Å²) in [5.74, 6) is 0. The van der Waals surface area contributed by atoms with E-state index in [1.807, 2.05) is 24.3 Å². The smallest absolute Gasteiger partial charge is 0.418 e. The zero-order chi connectivity index (χ0) is 11.5. The van der Waals surface area contributed by atoms with Gasteiger partial charge in [-0.3, -0.25) is 4.90 Å². The first kappa shape index (κ1) is 10.2. The second-order valence-corrected chi connectivity index (χ2v) is 3.41. The molecule has 0 unspecified atom stereocenters. The number of hydrogen-bond donors (Lipinski definition) is 0. The lowest BCUT2D eigenvalue weighted by Gasteiger charge is -2.24. The van der Waals surface area contributed by atoms with Crippen molar-refractivity contribution < 1.29 is 9.53 Å². The molecule has 0 aliphatic carbocycles. The van der Waals surface area contributed by atoms with Gasteiger partial charge in [-0.2, -0.15) is 5.26 Å². The molecule has 4 heteroatoms. The van der Waals surface area contributed by atoms with Crippen LogP contribution in [0.25, 0.3) is 0 Å². The van der Waals surface area contributed by atoms with Gasteiger partial charge in [0.15, 0.2) is 0 Å². The Kier molecular flexibility index (Phi) is 2.61. The van der Waals surface area contributed by atoms with Crippen LogP contribution in [-0.4, -0.2) is 13.2 Å². The molecule has 0 N–H and O–H groups in total. The largest absolute Gasteiger partial charge is 0.452 e. The van der Waals surface area contributed by atoms with Crippen LogP contribution >= 0.6 is 0 Å². The van der Waals surface area contributed by atoms with Gasteiger partial charge in [-0.15, -0.1) is 0 Å². The molecule has 1 aliphatic rings. The fourth-order valence-electron chi connectivity index (χ4n) is 1.69. The van der Waals surface area contributed by atoms with Gasteiger partial charge in [0, 0.05) is 12.6 Å². The average molecular weight is 214 g/mol. The van der Waals surface area contributed by atoms with Gasteiger partial charge < -0.3 is 4.74 Å². The van der Waals surface area contributed by atoms with Gasteiger partial charge in [0.1, 0.15) is 0 Å². The lowest BCUT2D eigenvalue weighted by atomic mass is 10.0. The van der Waals surface area contributed by atoms with Crippen LogP contribution in [0.3, 0.4) is 0 Å². The van der Waals surface area contributed by atoms with Gasteiger partial charge >= 0.3 is 6.09 Å². The van der Waals surface area contributed by atoms with E-state index >= 15 is 0 Å². The molecule has 0 aromatic heterocycles. The molecule has 0 fully saturated rings. The summed E-state index contributed by atoms with van der Waals surface area (Å²) in [6.45, 7) is 0. The highest BCUT2D eigenvalue weighted by molar-refractivity contribution is 5.92. The lowest BCUT2D eigenvalue weighted by molar-refractivity contribution is 0.181. The van der Waals surface area contributed by atoms with E-state index in [1.165, 1.54) is 18.2 Å². The number of nitrogens with zero attached hydrogens (tertiary/aromatic N) is 2. The van der Waals surface area contributed by atoms with E-state index in [0.29, 0.717) is 12.0 Å². The first-order chi connectivity index (χ1) is 7.76. The van der Waals surface area contributed by atoms with E-state index in [-0.39, 0.29) is 0 Å². The number of benzene rings is 1. The molecule has 0 atom stereocenters. The number of ether oxygens (including phenoxy) is 1. The number of hydrogen-bond acceptors (Lipinski definition) is 3. The Morgan fingerprint density at radius 2 is 2.25 bits per heavy atom. The molecular formula is C12H10N2O2. The fraction of sp³-hybridized carbons (Fsp3) is 0.167. The summed E-state index contributed by atoms with van der Waals surface area (Å²) in [6.07, 6.45) is 1.59. The Bertz CT molecular complexity index is 500. The minimum Gasteiger partial charge on any atom is -0.452 e. The van der Waals surface area contributed by atoms with Crippen LogP contribution in [0.2, 0.25) is 0 Å². The van der Waals surface area contributed by atoms with Crippen molar-refractivity contribution in [3.05, 3.63) is 41.6 Å². The van der Waals surface area contributed by atoms with Gasteiger partial charge in [-0.1, -0.05) is 18.2 Å². The van der Waals surface area contributed by atoms with Crippen molar-refractivity contribution in [1.29, 1.82) is 5.26 Å². The fourth-order valence-corrected chi connectivity index (χ4v) is 1.69. The molecule has 16 heavy (non-hydrogen) atoms. The van der Waals surface area contributed by atoms with Crippen molar-refractivity contribution in [2.75, 3.05) is 12.0 Å². The second kappa shape index (κ2) is 4.07. The third-order valence-corrected chi connectivity index (χ3v) is 2.43. The van der Waals surface area contributed by atoms with Crippen molar-refractivity contribution >= 4 is 11.8 Å². The Morgan fingerprint density at radius 3 is 2.94 bits per heavy atom. The molecule has 1 aliphatic heterocycles. The summed E-state index contributed by atoms with van der Waals surface area (Å²) in [5, 5.41) is 8.89. The molecule has 1 heterocycles. The molecule has 0 saturated heterocycles. The van der Waals surface area contributed by atoms with E-state index in [2.05, 4.69) is 10.8 Å². The number of rotatable bonds is 0. The van der Waals surface area contributed by atoms with E-state index < -0.39 is 6.09 Å². The number of para-hydroxylation sites is 1. The molecule has 1 amide bonds. The zero-order valence-corrected chi connectivity index (χ0v) is 8.80. The molecule has 0 saturated carbocycles. The molecular weight excluding hydrogens is 204 g/mol. The number of nitriles is 1. The van der Waals surface area contributed by atoms with Gasteiger partial charge in [-0.25, -0.2) is 4.79 Å². The predicted molar refractivity (Wildman–Crippen MR) is 58.7 cm³/mol.